The molecule has 0 spiro atoms. The number of aliphatic hydroxyl groups excluding tert-OH is 1. The van der Waals surface area contributed by atoms with Crippen LogP contribution >= 0.6 is 0 Å². The maximum Gasteiger partial charge on any atom is 0.161 e. The molecule has 0 bridgehead atoms. The molecular weight excluding hydrogens is 370 g/mol. The Morgan fingerprint density at radius 1 is 1.17 bits per heavy atom. The van der Waals surface area contributed by atoms with Crippen LogP contribution in [-0.4, -0.2) is 66.6 Å². The highest BCUT2D eigenvalue weighted by Gasteiger charge is 2.16. The highest BCUT2D eigenvalue weighted by molar-refractivity contribution is 5.43. The number of benzene rings is 1. The second kappa shape index (κ2) is 10.6. The van der Waals surface area contributed by atoms with Crippen molar-refractivity contribution in [2.45, 2.75) is 45.4 Å². The van der Waals surface area contributed by atoms with Crippen LogP contribution in [0.15, 0.2) is 28.8 Å². The quantitative estimate of drug-likeness (QED) is 0.654. The van der Waals surface area contributed by atoms with Gasteiger partial charge in [-0.05, 0) is 57.6 Å². The molecule has 1 aromatic heterocycles. The number of ether oxygens (including phenoxy) is 2. The molecule has 0 aliphatic carbocycles. The minimum atomic E-state index is -0.515. The molecule has 0 radical (unpaired) electrons. The molecule has 2 aromatic rings. The number of rotatable bonds is 10. The summed E-state index contributed by atoms with van der Waals surface area (Å²) in [6.45, 7) is 6.36. The molecule has 7 heteroatoms. The van der Waals surface area contributed by atoms with Gasteiger partial charge in [-0.15, -0.1) is 0 Å². The summed E-state index contributed by atoms with van der Waals surface area (Å²) in [6.07, 6.45) is 3.20. The van der Waals surface area contributed by atoms with Gasteiger partial charge in [-0.25, -0.2) is 0 Å². The first-order valence-corrected chi connectivity index (χ1v) is 10.3. The van der Waals surface area contributed by atoms with Crippen LogP contribution in [0.4, 0.5) is 0 Å². The Morgan fingerprint density at radius 3 is 2.66 bits per heavy atom. The first-order valence-electron chi connectivity index (χ1n) is 10.3. The first kappa shape index (κ1) is 21.6. The fourth-order valence-corrected chi connectivity index (χ4v) is 3.74. The summed E-state index contributed by atoms with van der Waals surface area (Å²) in [5.41, 5.74) is 1.99. The van der Waals surface area contributed by atoms with Crippen LogP contribution in [0, 0.1) is 6.92 Å². The lowest BCUT2D eigenvalue weighted by Crippen LogP contribution is -2.38. The number of nitrogens with zero attached hydrogens (tertiary/aromatic N) is 3. The van der Waals surface area contributed by atoms with Gasteiger partial charge < -0.3 is 24.0 Å². The monoisotopic (exact) mass is 403 g/mol. The summed E-state index contributed by atoms with van der Waals surface area (Å²) in [5, 5.41) is 14.3. The summed E-state index contributed by atoms with van der Waals surface area (Å²) in [5.74, 6) is 2.18. The van der Waals surface area contributed by atoms with Gasteiger partial charge in [-0.1, -0.05) is 17.6 Å². The van der Waals surface area contributed by atoms with Gasteiger partial charge in [0.1, 0.15) is 12.7 Å². The lowest BCUT2D eigenvalue weighted by Gasteiger charge is -2.28. The molecule has 160 valence electrons. The molecule has 0 saturated carbocycles. The van der Waals surface area contributed by atoms with Crippen molar-refractivity contribution >= 4 is 0 Å². The van der Waals surface area contributed by atoms with Gasteiger partial charge in [0, 0.05) is 19.2 Å². The summed E-state index contributed by atoms with van der Waals surface area (Å²) in [6, 6.07) is 7.86. The van der Waals surface area contributed by atoms with Crippen molar-refractivity contribution in [3.8, 4) is 11.5 Å². The number of aryl methyl sites for hydroxylation is 1. The Bertz CT molecular complexity index is 758. The highest BCUT2D eigenvalue weighted by atomic mass is 16.5. The van der Waals surface area contributed by atoms with E-state index in [0.29, 0.717) is 24.6 Å². The number of hydrogen-bond donors (Lipinski definition) is 1. The second-order valence-electron chi connectivity index (χ2n) is 7.92. The molecule has 1 aromatic carbocycles. The average molecular weight is 404 g/mol. The maximum atomic E-state index is 10.4. The van der Waals surface area contributed by atoms with E-state index < -0.39 is 6.10 Å². The van der Waals surface area contributed by atoms with E-state index in [1.165, 1.54) is 19.3 Å². The minimum Gasteiger partial charge on any atom is -0.493 e. The maximum absolute atomic E-state index is 10.4. The number of piperidine rings is 1. The molecule has 1 N–H and O–H groups in total. The van der Waals surface area contributed by atoms with Gasteiger partial charge in [-0.3, -0.25) is 4.90 Å². The third kappa shape index (κ3) is 6.73. The number of likely N-dealkylation sites (tertiary alicyclic amines) is 1. The van der Waals surface area contributed by atoms with Crippen LogP contribution in [-0.2, 0) is 13.1 Å². The molecule has 1 aliphatic rings. The Kier molecular flexibility index (Phi) is 7.91. The SMILES string of the molecule is COc1ccc(CN(C)Cc2cc(C)no2)cc1OC[C@@H](O)CN1CCCCC1. The Labute approximate surface area is 173 Å². The molecular formula is C22H33N3O4. The zero-order chi connectivity index (χ0) is 20.6. The Hall–Kier alpha value is -2.09. The Balaban J connectivity index is 1.54. The van der Waals surface area contributed by atoms with Crippen molar-refractivity contribution in [3.63, 3.8) is 0 Å². The van der Waals surface area contributed by atoms with E-state index in [1.807, 2.05) is 38.2 Å². The van der Waals surface area contributed by atoms with Crippen molar-refractivity contribution < 1.29 is 19.1 Å². The fraction of sp³-hybridized carbons (Fsp3) is 0.591. The average Bonchev–Trinajstić information content (AvgIpc) is 3.11. The van der Waals surface area contributed by atoms with E-state index in [0.717, 1.165) is 36.7 Å². The molecule has 0 unspecified atom stereocenters. The van der Waals surface area contributed by atoms with Crippen LogP contribution in [0.5, 0.6) is 11.5 Å². The van der Waals surface area contributed by atoms with E-state index in [4.69, 9.17) is 14.0 Å². The van der Waals surface area contributed by atoms with Crippen molar-refractivity contribution in [2.75, 3.05) is 40.4 Å². The smallest absolute Gasteiger partial charge is 0.161 e. The van der Waals surface area contributed by atoms with Gasteiger partial charge in [0.2, 0.25) is 0 Å². The van der Waals surface area contributed by atoms with Gasteiger partial charge in [0.05, 0.1) is 19.3 Å². The zero-order valence-electron chi connectivity index (χ0n) is 17.8. The molecule has 1 aliphatic heterocycles. The summed E-state index contributed by atoms with van der Waals surface area (Å²) in [7, 11) is 3.66. The fourth-order valence-electron chi connectivity index (χ4n) is 3.74. The van der Waals surface area contributed by atoms with Crippen LogP contribution < -0.4 is 9.47 Å². The lowest BCUT2D eigenvalue weighted by atomic mass is 10.1. The normalized spacial score (nSPS) is 16.2. The predicted octanol–water partition coefficient (Wildman–Crippen LogP) is 2.85. The van der Waals surface area contributed by atoms with E-state index in [-0.39, 0.29) is 6.61 Å². The third-order valence-corrected chi connectivity index (χ3v) is 5.13. The van der Waals surface area contributed by atoms with E-state index in [2.05, 4.69) is 15.0 Å². The largest absolute Gasteiger partial charge is 0.493 e. The first-order chi connectivity index (χ1) is 14.0. The lowest BCUT2D eigenvalue weighted by molar-refractivity contribution is 0.0608. The number of hydrogen-bond acceptors (Lipinski definition) is 7. The number of aromatic nitrogens is 1. The van der Waals surface area contributed by atoms with E-state index in [1.54, 1.807) is 7.11 Å². The molecule has 1 saturated heterocycles. The van der Waals surface area contributed by atoms with Crippen LogP contribution in [0.3, 0.4) is 0 Å². The van der Waals surface area contributed by atoms with Crippen molar-refractivity contribution in [3.05, 3.63) is 41.3 Å². The summed E-state index contributed by atoms with van der Waals surface area (Å²) < 4.78 is 16.7. The number of aliphatic hydroxyl groups is 1. The van der Waals surface area contributed by atoms with Crippen LogP contribution in [0.25, 0.3) is 0 Å². The topological polar surface area (TPSA) is 71.2 Å². The number of methoxy groups -OCH3 is 1. The summed E-state index contributed by atoms with van der Waals surface area (Å²) >= 11 is 0. The highest BCUT2D eigenvalue weighted by Crippen LogP contribution is 2.29. The predicted molar refractivity (Wildman–Crippen MR) is 111 cm³/mol. The third-order valence-electron chi connectivity index (χ3n) is 5.13. The molecule has 7 nitrogen and oxygen atoms in total. The van der Waals surface area contributed by atoms with Gasteiger partial charge in [0.15, 0.2) is 17.3 Å². The number of β-amino-alcohol motifs (C(OH)–C–C–N with tert-alkyl or cyclic N) is 1. The molecule has 2 heterocycles. The van der Waals surface area contributed by atoms with Crippen molar-refractivity contribution in [2.24, 2.45) is 0 Å². The van der Waals surface area contributed by atoms with Gasteiger partial charge >= 0.3 is 0 Å². The molecule has 1 atom stereocenters. The van der Waals surface area contributed by atoms with Gasteiger partial charge in [0.25, 0.3) is 0 Å². The molecule has 3 rings (SSSR count). The minimum absolute atomic E-state index is 0.253. The molecule has 29 heavy (non-hydrogen) atoms. The van der Waals surface area contributed by atoms with E-state index >= 15 is 0 Å². The molecule has 1 fully saturated rings. The van der Waals surface area contributed by atoms with Crippen LogP contribution in [0.2, 0.25) is 0 Å². The van der Waals surface area contributed by atoms with Crippen molar-refractivity contribution in [1.29, 1.82) is 0 Å². The second-order valence-corrected chi connectivity index (χ2v) is 7.92. The van der Waals surface area contributed by atoms with Crippen molar-refractivity contribution in [1.82, 2.24) is 15.0 Å². The van der Waals surface area contributed by atoms with Gasteiger partial charge in [-0.2, -0.15) is 0 Å². The van der Waals surface area contributed by atoms with Crippen LogP contribution in [0.1, 0.15) is 36.3 Å². The standard InChI is InChI=1S/C22H33N3O4/c1-17-11-20(29-23-17)15-24(2)13-18-7-8-21(27-3)22(12-18)28-16-19(26)14-25-9-5-4-6-10-25/h7-8,11-12,19,26H,4-6,9-10,13-16H2,1-3H3/t19-/m0/s1. The zero-order valence-corrected chi connectivity index (χ0v) is 17.8. The van der Waals surface area contributed by atoms with E-state index in [9.17, 15) is 5.11 Å². The Morgan fingerprint density at radius 2 is 1.97 bits per heavy atom. The summed E-state index contributed by atoms with van der Waals surface area (Å²) in [4.78, 5) is 4.46. The molecule has 0 amide bonds.